The van der Waals surface area contributed by atoms with Gasteiger partial charge in [0.1, 0.15) is 5.78 Å². The quantitative estimate of drug-likeness (QED) is 0.705. The number of carbonyl (C=O) groups excluding carboxylic acids is 1. The van der Waals surface area contributed by atoms with Gasteiger partial charge in [0.05, 0.1) is 13.2 Å². The van der Waals surface area contributed by atoms with Crippen molar-refractivity contribution in [3.8, 4) is 0 Å². The number of hydrogen-bond acceptors (Lipinski definition) is 4. The lowest BCUT2D eigenvalue weighted by Crippen LogP contribution is -2.38. The zero-order chi connectivity index (χ0) is 12.8. The van der Waals surface area contributed by atoms with Crippen LogP contribution in [0.25, 0.3) is 0 Å². The summed E-state index contributed by atoms with van der Waals surface area (Å²) in [6.45, 7) is 9.20. The minimum Gasteiger partial charge on any atom is -0.342 e. The van der Waals surface area contributed by atoms with E-state index in [9.17, 15) is 9.36 Å². The van der Waals surface area contributed by atoms with E-state index in [2.05, 4.69) is 5.32 Å². The summed E-state index contributed by atoms with van der Waals surface area (Å²) in [6.07, 6.45) is 0. The van der Waals surface area contributed by atoms with Gasteiger partial charge < -0.3 is 14.4 Å². The van der Waals surface area contributed by atoms with Crippen LogP contribution in [0.15, 0.2) is 0 Å². The fraction of sp³-hybridized carbons (Fsp3) is 0.900. The van der Waals surface area contributed by atoms with E-state index in [1.54, 1.807) is 13.8 Å². The van der Waals surface area contributed by atoms with Crippen molar-refractivity contribution in [1.82, 2.24) is 5.32 Å². The van der Waals surface area contributed by atoms with Crippen LogP contribution in [0.1, 0.15) is 34.6 Å². The van der Waals surface area contributed by atoms with Gasteiger partial charge in [0.15, 0.2) is 0 Å². The van der Waals surface area contributed by atoms with Crippen LogP contribution < -0.4 is 5.32 Å². The van der Waals surface area contributed by atoms with Crippen LogP contribution in [0, 0.1) is 5.92 Å². The van der Waals surface area contributed by atoms with Crippen LogP contribution >= 0.6 is 7.60 Å². The first kappa shape index (κ1) is 15.6. The normalized spacial score (nSPS) is 13.9. The topological polar surface area (TPSA) is 64.6 Å². The first-order valence-electron chi connectivity index (χ1n) is 5.53. The monoisotopic (exact) mass is 251 g/mol. The highest BCUT2D eigenvalue weighted by molar-refractivity contribution is 7.54. The molecule has 0 rings (SSSR count). The molecule has 0 aliphatic carbocycles. The van der Waals surface area contributed by atoms with Gasteiger partial charge in [-0.1, -0.05) is 13.8 Å². The number of hydrogen-bond donors (Lipinski definition) is 1. The van der Waals surface area contributed by atoms with Gasteiger partial charge in [0.2, 0.25) is 5.91 Å². The molecule has 0 aromatic rings. The van der Waals surface area contributed by atoms with Gasteiger partial charge >= 0.3 is 7.60 Å². The summed E-state index contributed by atoms with van der Waals surface area (Å²) in [5.74, 6) is -0.851. The van der Waals surface area contributed by atoms with Gasteiger partial charge in [0, 0.05) is 6.92 Å². The Morgan fingerprint density at radius 3 is 1.94 bits per heavy atom. The van der Waals surface area contributed by atoms with Gasteiger partial charge in [-0.15, -0.1) is 0 Å². The molecule has 0 saturated carbocycles. The van der Waals surface area contributed by atoms with Crippen molar-refractivity contribution in [2.24, 2.45) is 5.92 Å². The molecular formula is C10H22NO4P. The highest BCUT2D eigenvalue weighted by atomic mass is 31.2. The van der Waals surface area contributed by atoms with Crippen LogP contribution in [0.2, 0.25) is 0 Å². The molecule has 0 aromatic carbocycles. The molecule has 0 spiro atoms. The smallest absolute Gasteiger partial charge is 0.342 e. The molecule has 0 bridgehead atoms. The Labute approximate surface area is 97.4 Å². The van der Waals surface area contributed by atoms with Crippen molar-refractivity contribution >= 4 is 13.5 Å². The third-order valence-electron chi connectivity index (χ3n) is 1.94. The lowest BCUT2D eigenvalue weighted by atomic mass is 10.2. The second-order valence-electron chi connectivity index (χ2n) is 3.76. The van der Waals surface area contributed by atoms with E-state index in [0.29, 0.717) is 13.2 Å². The van der Waals surface area contributed by atoms with Crippen molar-refractivity contribution in [3.05, 3.63) is 0 Å². The third kappa shape index (κ3) is 4.64. The maximum Gasteiger partial charge on any atom is 0.352 e. The molecule has 6 heteroatoms. The second kappa shape index (κ2) is 7.05. The minimum absolute atomic E-state index is 0.0205. The van der Waals surface area contributed by atoms with Crippen molar-refractivity contribution in [2.45, 2.75) is 40.4 Å². The Bertz CT molecular complexity index is 258. The number of amides is 1. The van der Waals surface area contributed by atoms with E-state index in [0.717, 1.165) is 0 Å². The molecule has 96 valence electrons. The predicted octanol–water partition coefficient (Wildman–Crippen LogP) is 2.37. The zero-order valence-electron chi connectivity index (χ0n) is 10.6. The van der Waals surface area contributed by atoms with E-state index in [-0.39, 0.29) is 11.8 Å². The summed E-state index contributed by atoms with van der Waals surface area (Å²) in [5.41, 5.74) is 0. The molecule has 0 aromatic heterocycles. The summed E-state index contributed by atoms with van der Waals surface area (Å²) >= 11 is 0. The van der Waals surface area contributed by atoms with Gasteiger partial charge in [-0.05, 0) is 19.8 Å². The van der Waals surface area contributed by atoms with Crippen LogP contribution in [0.5, 0.6) is 0 Å². The van der Waals surface area contributed by atoms with Gasteiger partial charge in [0.25, 0.3) is 0 Å². The van der Waals surface area contributed by atoms with Crippen LogP contribution in [-0.2, 0) is 18.4 Å². The molecule has 0 aliphatic rings. The SMILES string of the molecule is CCOP(=O)(OCC)C(NC(C)=O)C(C)C. The Balaban J connectivity index is 4.93. The summed E-state index contributed by atoms with van der Waals surface area (Å²) in [6, 6.07) is 0. The maximum absolute atomic E-state index is 12.4. The van der Waals surface area contributed by atoms with Crippen LogP contribution in [0.4, 0.5) is 0 Å². The highest BCUT2D eigenvalue weighted by Crippen LogP contribution is 2.54. The van der Waals surface area contributed by atoms with Gasteiger partial charge in [-0.25, -0.2) is 0 Å². The molecule has 0 radical (unpaired) electrons. The number of rotatable bonds is 7. The van der Waals surface area contributed by atoms with Crippen molar-refractivity contribution in [1.29, 1.82) is 0 Å². The average molecular weight is 251 g/mol. The maximum atomic E-state index is 12.4. The van der Waals surface area contributed by atoms with E-state index in [1.807, 2.05) is 13.8 Å². The molecule has 1 atom stereocenters. The zero-order valence-corrected chi connectivity index (χ0v) is 11.5. The molecule has 0 heterocycles. The lowest BCUT2D eigenvalue weighted by molar-refractivity contribution is -0.119. The molecule has 1 unspecified atom stereocenters. The molecule has 1 amide bonds. The Kier molecular flexibility index (Phi) is 6.88. The summed E-state index contributed by atoms with van der Waals surface area (Å²) in [4.78, 5) is 11.1. The standard InChI is InChI=1S/C10H22NO4P/c1-6-14-16(13,15-7-2)10(8(3)4)11-9(5)12/h8,10H,6-7H2,1-5H3,(H,11,12). The fourth-order valence-electron chi connectivity index (χ4n) is 1.38. The highest BCUT2D eigenvalue weighted by Gasteiger charge is 2.38. The second-order valence-corrected chi connectivity index (χ2v) is 5.92. The Morgan fingerprint density at radius 1 is 1.25 bits per heavy atom. The minimum atomic E-state index is -3.27. The van der Waals surface area contributed by atoms with Crippen LogP contribution in [0.3, 0.4) is 0 Å². The Hall–Kier alpha value is -0.380. The number of carbonyl (C=O) groups is 1. The fourth-order valence-corrected chi connectivity index (χ4v) is 3.56. The largest absolute Gasteiger partial charge is 0.352 e. The summed E-state index contributed by atoms with van der Waals surface area (Å²) in [5, 5.41) is 2.64. The molecule has 0 aliphatic heterocycles. The molecule has 5 nitrogen and oxygen atoms in total. The molecule has 0 saturated heterocycles. The van der Waals surface area contributed by atoms with E-state index < -0.39 is 13.4 Å². The van der Waals surface area contributed by atoms with Crippen molar-refractivity contribution < 1.29 is 18.4 Å². The van der Waals surface area contributed by atoms with Gasteiger partial charge in [-0.3, -0.25) is 9.36 Å². The van der Waals surface area contributed by atoms with Crippen LogP contribution in [-0.4, -0.2) is 24.9 Å². The summed E-state index contributed by atoms with van der Waals surface area (Å²) in [7, 11) is -3.27. The molecule has 1 N–H and O–H groups in total. The van der Waals surface area contributed by atoms with E-state index >= 15 is 0 Å². The Morgan fingerprint density at radius 2 is 1.69 bits per heavy atom. The van der Waals surface area contributed by atoms with Crippen molar-refractivity contribution in [3.63, 3.8) is 0 Å². The number of nitrogens with one attached hydrogen (secondary N) is 1. The molecule has 0 fully saturated rings. The summed E-state index contributed by atoms with van der Waals surface area (Å²) < 4.78 is 22.9. The average Bonchev–Trinajstić information content (AvgIpc) is 2.14. The van der Waals surface area contributed by atoms with Gasteiger partial charge in [-0.2, -0.15) is 0 Å². The van der Waals surface area contributed by atoms with E-state index in [4.69, 9.17) is 9.05 Å². The first-order chi connectivity index (χ1) is 7.37. The van der Waals surface area contributed by atoms with Crippen molar-refractivity contribution in [2.75, 3.05) is 13.2 Å². The predicted molar refractivity (Wildman–Crippen MR) is 63.3 cm³/mol. The third-order valence-corrected chi connectivity index (χ3v) is 4.58. The molecule has 16 heavy (non-hydrogen) atoms. The first-order valence-corrected chi connectivity index (χ1v) is 7.14. The molecular weight excluding hydrogens is 229 g/mol. The lowest BCUT2D eigenvalue weighted by Gasteiger charge is -2.29. The van der Waals surface area contributed by atoms with E-state index in [1.165, 1.54) is 6.92 Å².